The summed E-state index contributed by atoms with van der Waals surface area (Å²) in [4.78, 5) is 17.9. The van der Waals surface area contributed by atoms with E-state index in [-0.39, 0.29) is 18.1 Å². The van der Waals surface area contributed by atoms with E-state index in [9.17, 15) is 4.79 Å². The van der Waals surface area contributed by atoms with Crippen LogP contribution in [0.25, 0.3) is 0 Å². The lowest BCUT2D eigenvalue weighted by Crippen LogP contribution is -2.45. The molecule has 0 radical (unpaired) electrons. The molecule has 2 aliphatic rings. The molecule has 2 unspecified atom stereocenters. The first-order valence-electron chi connectivity index (χ1n) is 5.38. The first-order valence-corrected chi connectivity index (χ1v) is 6.26. The van der Waals surface area contributed by atoms with Crippen LogP contribution in [0.1, 0.15) is 23.3 Å². The molecule has 0 aromatic carbocycles. The molecule has 1 aromatic heterocycles. The number of nitrogen functional groups attached to an aromatic ring is 1. The van der Waals surface area contributed by atoms with Gasteiger partial charge in [0.2, 0.25) is 0 Å². The molecular formula is C10H13N3O2S. The number of aromatic nitrogens is 1. The Balaban J connectivity index is 1.76. The van der Waals surface area contributed by atoms with Crippen molar-refractivity contribution in [3.8, 4) is 0 Å². The fourth-order valence-electron chi connectivity index (χ4n) is 2.33. The Morgan fingerprint density at radius 1 is 1.50 bits per heavy atom. The zero-order chi connectivity index (χ0) is 11.1. The minimum absolute atomic E-state index is 0.0202. The predicted octanol–water partition coefficient (Wildman–Crippen LogP) is 0.729. The van der Waals surface area contributed by atoms with Gasteiger partial charge in [0.05, 0.1) is 12.2 Å². The standard InChI is InChI=1S/C10H13N3O2S/c11-10-12-8(5-16-10)9(14)13-3-6-1-2-7(4-13)15-6/h5-7H,1-4H2,(H2,11,12). The van der Waals surface area contributed by atoms with E-state index in [1.807, 2.05) is 4.90 Å². The molecular weight excluding hydrogens is 226 g/mol. The monoisotopic (exact) mass is 239 g/mol. The van der Waals surface area contributed by atoms with Crippen LogP contribution in [0.2, 0.25) is 0 Å². The summed E-state index contributed by atoms with van der Waals surface area (Å²) in [5.41, 5.74) is 5.99. The van der Waals surface area contributed by atoms with E-state index in [0.717, 1.165) is 12.8 Å². The zero-order valence-corrected chi connectivity index (χ0v) is 9.57. The van der Waals surface area contributed by atoms with Crippen LogP contribution in [0.3, 0.4) is 0 Å². The highest BCUT2D eigenvalue weighted by atomic mass is 32.1. The van der Waals surface area contributed by atoms with Crippen LogP contribution in [0.4, 0.5) is 5.13 Å². The van der Waals surface area contributed by atoms with E-state index in [1.165, 1.54) is 11.3 Å². The Morgan fingerprint density at radius 2 is 2.19 bits per heavy atom. The van der Waals surface area contributed by atoms with Crippen molar-refractivity contribution >= 4 is 22.4 Å². The van der Waals surface area contributed by atoms with Gasteiger partial charge in [-0.15, -0.1) is 11.3 Å². The molecule has 5 nitrogen and oxygen atoms in total. The lowest BCUT2D eigenvalue weighted by molar-refractivity contribution is -0.0305. The van der Waals surface area contributed by atoms with Crippen LogP contribution in [0, 0.1) is 0 Å². The van der Waals surface area contributed by atoms with Crippen molar-refractivity contribution in [2.45, 2.75) is 25.0 Å². The van der Waals surface area contributed by atoms with Gasteiger partial charge in [0.25, 0.3) is 5.91 Å². The maximum absolute atomic E-state index is 12.1. The molecule has 16 heavy (non-hydrogen) atoms. The summed E-state index contributed by atoms with van der Waals surface area (Å²) in [6, 6.07) is 0. The number of rotatable bonds is 1. The topological polar surface area (TPSA) is 68.5 Å². The van der Waals surface area contributed by atoms with Crippen LogP contribution in [-0.2, 0) is 4.74 Å². The van der Waals surface area contributed by atoms with Crippen LogP contribution in [0.15, 0.2) is 5.38 Å². The molecule has 0 spiro atoms. The van der Waals surface area contributed by atoms with Crippen molar-refractivity contribution in [3.63, 3.8) is 0 Å². The minimum atomic E-state index is -0.0202. The summed E-state index contributed by atoms with van der Waals surface area (Å²) >= 11 is 1.30. The summed E-state index contributed by atoms with van der Waals surface area (Å²) in [5.74, 6) is -0.0202. The normalized spacial score (nSPS) is 28.4. The van der Waals surface area contributed by atoms with Gasteiger partial charge in [-0.1, -0.05) is 0 Å². The number of likely N-dealkylation sites (tertiary alicyclic amines) is 1. The van der Waals surface area contributed by atoms with Crippen molar-refractivity contribution in [2.75, 3.05) is 18.8 Å². The molecule has 2 aliphatic heterocycles. The number of thiazole rings is 1. The van der Waals surface area contributed by atoms with Gasteiger partial charge in [-0.2, -0.15) is 0 Å². The quantitative estimate of drug-likeness (QED) is 0.784. The van der Waals surface area contributed by atoms with Crippen molar-refractivity contribution in [1.29, 1.82) is 0 Å². The van der Waals surface area contributed by atoms with Gasteiger partial charge in [-0.3, -0.25) is 4.79 Å². The van der Waals surface area contributed by atoms with Crippen molar-refractivity contribution < 1.29 is 9.53 Å². The largest absolute Gasteiger partial charge is 0.375 e. The van der Waals surface area contributed by atoms with E-state index in [4.69, 9.17) is 10.5 Å². The lowest BCUT2D eigenvalue weighted by Gasteiger charge is -2.31. The Labute approximate surface area is 97.2 Å². The number of carbonyl (C=O) groups excluding carboxylic acids is 1. The van der Waals surface area contributed by atoms with Gasteiger partial charge in [0, 0.05) is 18.5 Å². The molecule has 0 saturated carbocycles. The minimum Gasteiger partial charge on any atom is -0.375 e. The number of nitrogens with two attached hydrogens (primary N) is 1. The number of hydrogen-bond donors (Lipinski definition) is 1. The summed E-state index contributed by atoms with van der Waals surface area (Å²) in [6.07, 6.45) is 2.57. The molecule has 6 heteroatoms. The van der Waals surface area contributed by atoms with Crippen LogP contribution in [0.5, 0.6) is 0 Å². The summed E-state index contributed by atoms with van der Waals surface area (Å²) in [6.45, 7) is 1.37. The fraction of sp³-hybridized carbons (Fsp3) is 0.600. The molecule has 2 saturated heterocycles. The second-order valence-corrected chi connectivity index (χ2v) is 5.13. The number of amides is 1. The third kappa shape index (κ3) is 1.68. The third-order valence-electron chi connectivity index (χ3n) is 3.07. The van der Waals surface area contributed by atoms with E-state index < -0.39 is 0 Å². The molecule has 2 bridgehead atoms. The van der Waals surface area contributed by atoms with Gasteiger partial charge in [0.15, 0.2) is 5.13 Å². The predicted molar refractivity (Wildman–Crippen MR) is 60.3 cm³/mol. The number of carbonyl (C=O) groups is 1. The average Bonchev–Trinajstić information content (AvgIpc) is 2.84. The Kier molecular flexibility index (Phi) is 2.33. The summed E-state index contributed by atoms with van der Waals surface area (Å²) in [7, 11) is 0. The smallest absolute Gasteiger partial charge is 0.273 e. The number of anilines is 1. The summed E-state index contributed by atoms with van der Waals surface area (Å²) < 4.78 is 5.68. The maximum atomic E-state index is 12.1. The molecule has 3 heterocycles. The highest BCUT2D eigenvalue weighted by Crippen LogP contribution is 2.27. The number of fused-ring (bicyclic) bond motifs is 2. The van der Waals surface area contributed by atoms with Gasteiger partial charge in [0.1, 0.15) is 5.69 Å². The number of morpholine rings is 1. The summed E-state index contributed by atoms with van der Waals surface area (Å²) in [5, 5.41) is 2.16. The second kappa shape index (κ2) is 3.71. The van der Waals surface area contributed by atoms with E-state index in [2.05, 4.69) is 4.98 Å². The number of hydrogen-bond acceptors (Lipinski definition) is 5. The molecule has 2 fully saturated rings. The van der Waals surface area contributed by atoms with E-state index >= 15 is 0 Å². The molecule has 3 rings (SSSR count). The highest BCUT2D eigenvalue weighted by molar-refractivity contribution is 7.13. The fourth-order valence-corrected chi connectivity index (χ4v) is 2.87. The van der Waals surface area contributed by atoms with Crippen molar-refractivity contribution in [3.05, 3.63) is 11.1 Å². The Hall–Kier alpha value is -1.14. The lowest BCUT2D eigenvalue weighted by atomic mass is 10.2. The first-order chi connectivity index (χ1) is 7.72. The molecule has 0 aliphatic carbocycles. The Bertz CT molecular complexity index is 408. The molecule has 2 atom stereocenters. The van der Waals surface area contributed by atoms with Crippen LogP contribution < -0.4 is 5.73 Å². The molecule has 2 N–H and O–H groups in total. The SMILES string of the molecule is Nc1nc(C(=O)N2CC3CCC(C2)O3)cs1. The van der Waals surface area contributed by atoms with Crippen molar-refractivity contribution in [1.82, 2.24) is 9.88 Å². The van der Waals surface area contributed by atoms with Gasteiger partial charge >= 0.3 is 0 Å². The molecule has 1 aromatic rings. The van der Waals surface area contributed by atoms with Gasteiger partial charge < -0.3 is 15.4 Å². The highest BCUT2D eigenvalue weighted by Gasteiger charge is 2.36. The van der Waals surface area contributed by atoms with Crippen LogP contribution in [-0.4, -0.2) is 41.1 Å². The molecule has 1 amide bonds. The van der Waals surface area contributed by atoms with Crippen LogP contribution >= 0.6 is 11.3 Å². The molecule has 86 valence electrons. The third-order valence-corrected chi connectivity index (χ3v) is 3.75. The van der Waals surface area contributed by atoms with Gasteiger partial charge in [-0.25, -0.2) is 4.98 Å². The van der Waals surface area contributed by atoms with Gasteiger partial charge in [-0.05, 0) is 12.8 Å². The number of nitrogens with zero attached hydrogens (tertiary/aromatic N) is 2. The zero-order valence-electron chi connectivity index (χ0n) is 8.76. The first kappa shape index (κ1) is 10.0. The second-order valence-electron chi connectivity index (χ2n) is 4.24. The van der Waals surface area contributed by atoms with Crippen molar-refractivity contribution in [2.24, 2.45) is 0 Å². The van der Waals surface area contributed by atoms with E-state index in [0.29, 0.717) is 23.9 Å². The maximum Gasteiger partial charge on any atom is 0.273 e. The number of ether oxygens (including phenoxy) is 1. The Morgan fingerprint density at radius 3 is 2.75 bits per heavy atom. The average molecular weight is 239 g/mol. The van der Waals surface area contributed by atoms with E-state index in [1.54, 1.807) is 5.38 Å².